The standard InChI is InChI=1S/C2N2O2S4.C2H2O4.Li.H3O4P/c5-1-3-7-9-10-8-4-2-6;3-1(4)2(5)6;;1-5(2,3)4/h;(H,3,4)(H,5,6);;(H3,1,2,3,4)/q;;+1;/p-1. The summed E-state index contributed by atoms with van der Waals surface area (Å²) in [6, 6.07) is 0. The van der Waals surface area contributed by atoms with Gasteiger partial charge in [0, 0.05) is 19.7 Å². The van der Waals surface area contributed by atoms with Gasteiger partial charge in [-0.05, 0) is 0 Å². The molecule has 0 aliphatic rings. The molecule has 4 N–H and O–H groups in total. The maximum Gasteiger partial charge on any atom is 1.00 e. The molecule has 0 atom stereocenters. The van der Waals surface area contributed by atoms with Crippen LogP contribution in [0.4, 0.5) is 0 Å². The molecule has 0 saturated heterocycles. The van der Waals surface area contributed by atoms with Crippen LogP contribution in [0.25, 0.3) is 0 Å². The van der Waals surface area contributed by atoms with Gasteiger partial charge < -0.3 is 24.9 Å². The van der Waals surface area contributed by atoms with E-state index in [2.05, 4.69) is 8.80 Å². The number of isocyanates is 2. The molecule has 0 aromatic heterocycles. The van der Waals surface area contributed by atoms with Gasteiger partial charge in [0.25, 0.3) is 7.82 Å². The normalized spacial score (nSPS) is 8.14. The molecule has 0 spiro atoms. The Kier molecular flexibility index (Phi) is 28.2. The van der Waals surface area contributed by atoms with E-state index < -0.39 is 19.8 Å². The molecule has 0 aromatic carbocycles. The van der Waals surface area contributed by atoms with E-state index >= 15 is 0 Å². The van der Waals surface area contributed by atoms with E-state index in [0.717, 1.165) is 22.0 Å². The summed E-state index contributed by atoms with van der Waals surface area (Å²) >= 11 is 0. The zero-order chi connectivity index (χ0) is 17.3. The second-order valence-corrected chi connectivity index (χ2v) is 7.83. The average molecular weight is 406 g/mol. The number of carboxylic acid groups (broad SMARTS) is 2. The van der Waals surface area contributed by atoms with Crippen molar-refractivity contribution in [2.24, 2.45) is 8.80 Å². The van der Waals surface area contributed by atoms with E-state index in [9.17, 15) is 9.59 Å². The van der Waals surface area contributed by atoms with Gasteiger partial charge >= 0.3 is 30.8 Å². The molecule has 0 radical (unpaired) electrons. The van der Waals surface area contributed by atoms with Gasteiger partial charge in [0.1, 0.15) is 0 Å². The number of carbonyl (C=O) groups is 2. The van der Waals surface area contributed by atoms with Crippen LogP contribution in [-0.4, -0.2) is 44.1 Å². The quantitative estimate of drug-likeness (QED) is 0.0516. The fraction of sp³-hybridized carbons (Fsp3) is 0. The third-order valence-electron chi connectivity index (χ3n) is 0.421. The number of nitrogens with zero attached hydrogens (tertiary/aromatic N) is 2. The Balaban J connectivity index is -0.000000117. The van der Waals surface area contributed by atoms with Crippen molar-refractivity contribution in [2.45, 2.75) is 0 Å². The Morgan fingerprint density at radius 3 is 1.32 bits per heavy atom. The third-order valence-corrected chi connectivity index (χ3v) is 4.97. The summed E-state index contributed by atoms with van der Waals surface area (Å²) in [5, 5.41) is 14.8. The molecule has 120 valence electrons. The van der Waals surface area contributed by atoms with Crippen LogP contribution in [0.2, 0.25) is 0 Å². The predicted octanol–water partition coefficient (Wildman–Crippen LogP) is -3.24. The number of hydrogen-bond donors (Lipinski definition) is 4. The molecule has 0 aromatic rings. The van der Waals surface area contributed by atoms with Crippen molar-refractivity contribution in [1.29, 1.82) is 0 Å². The van der Waals surface area contributed by atoms with Gasteiger partial charge in [-0.25, -0.2) is 19.2 Å². The summed E-state index contributed by atoms with van der Waals surface area (Å²) in [7, 11) is -0.516. The van der Waals surface area contributed by atoms with Crippen molar-refractivity contribution < 1.29 is 67.5 Å². The maximum absolute atomic E-state index is 9.47. The molecular formula is C4H4LiN2O10PS4. The zero-order valence-corrected chi connectivity index (χ0v) is 14.4. The van der Waals surface area contributed by atoms with Crippen LogP contribution in [0, 0.1) is 0 Å². The van der Waals surface area contributed by atoms with Gasteiger partial charge in [0.15, 0.2) is 0 Å². The molecule has 0 saturated carbocycles. The van der Waals surface area contributed by atoms with E-state index in [0.29, 0.717) is 0 Å². The van der Waals surface area contributed by atoms with Gasteiger partial charge in [0.2, 0.25) is 12.2 Å². The molecule has 0 bridgehead atoms. The molecule has 0 rings (SSSR count). The molecular weight excluding hydrogens is 402 g/mol. The van der Waals surface area contributed by atoms with E-state index in [-0.39, 0.29) is 18.9 Å². The Bertz CT molecular complexity index is 420. The van der Waals surface area contributed by atoms with Gasteiger partial charge in [-0.15, -0.1) is 8.80 Å². The van der Waals surface area contributed by atoms with E-state index in [1.165, 1.54) is 31.8 Å². The van der Waals surface area contributed by atoms with Crippen LogP contribution in [0.3, 0.4) is 0 Å². The minimum Gasteiger partial charge on any atom is -0.756 e. The third kappa shape index (κ3) is 60.0. The molecule has 0 amide bonds. The largest absolute Gasteiger partial charge is 1.00 e. The van der Waals surface area contributed by atoms with E-state index in [1.807, 2.05) is 0 Å². The fourth-order valence-corrected chi connectivity index (χ4v) is 3.11. The Hall–Kier alpha value is -0.193. The van der Waals surface area contributed by atoms with Crippen molar-refractivity contribution in [1.82, 2.24) is 0 Å². The first-order chi connectivity index (χ1) is 9.56. The number of carboxylic acids is 2. The number of rotatable bonds is 5. The molecule has 0 unspecified atom stereocenters. The molecule has 0 aliphatic heterocycles. The Morgan fingerprint density at radius 1 is 0.955 bits per heavy atom. The Morgan fingerprint density at radius 2 is 1.18 bits per heavy atom. The van der Waals surface area contributed by atoms with Gasteiger partial charge in [-0.2, -0.15) is 0 Å². The van der Waals surface area contributed by atoms with E-state index in [4.69, 9.17) is 39.0 Å². The molecule has 0 heterocycles. The number of hydrogen-bond acceptors (Lipinski definition) is 12. The summed E-state index contributed by atoms with van der Waals surface area (Å²) in [5.41, 5.74) is 0. The SMILES string of the molecule is O=C(O)C(=O)O.O=C=NSSSSN=C=O.O=P([O-])(O)O.[Li+]. The minimum atomic E-state index is -4.89. The number of phosphoric acid groups is 1. The second-order valence-electron chi connectivity index (χ2n) is 1.75. The summed E-state index contributed by atoms with van der Waals surface area (Å²) in [6.45, 7) is 0. The topological polar surface area (TPSA) is 214 Å². The van der Waals surface area contributed by atoms with Crippen LogP contribution < -0.4 is 23.8 Å². The first-order valence-electron chi connectivity index (χ1n) is 3.59. The maximum atomic E-state index is 9.47. The second kappa shape index (κ2) is 20.8. The van der Waals surface area contributed by atoms with Gasteiger partial charge in [-0.1, -0.05) is 0 Å². The monoisotopic (exact) mass is 406 g/mol. The van der Waals surface area contributed by atoms with Crippen molar-refractivity contribution in [3.05, 3.63) is 0 Å². The zero-order valence-electron chi connectivity index (χ0n) is 10.2. The average Bonchev–Trinajstić information content (AvgIpc) is 2.32. The molecule has 18 heteroatoms. The minimum absolute atomic E-state index is 0. The molecule has 0 aliphatic carbocycles. The van der Waals surface area contributed by atoms with Crippen LogP contribution in [0.1, 0.15) is 0 Å². The van der Waals surface area contributed by atoms with Crippen LogP contribution >= 0.6 is 49.4 Å². The first kappa shape index (κ1) is 29.8. The van der Waals surface area contributed by atoms with Crippen molar-refractivity contribution in [3.63, 3.8) is 0 Å². The number of carbonyl (C=O) groups excluding carboxylic acids is 2. The Labute approximate surface area is 149 Å². The van der Waals surface area contributed by atoms with Crippen LogP contribution in [-0.2, 0) is 23.7 Å². The molecule has 22 heavy (non-hydrogen) atoms. The van der Waals surface area contributed by atoms with Crippen LogP contribution in [0.5, 0.6) is 0 Å². The van der Waals surface area contributed by atoms with Crippen molar-refractivity contribution >= 4 is 73.5 Å². The fourth-order valence-electron chi connectivity index (χ4n) is 0.0857. The van der Waals surface area contributed by atoms with Crippen molar-refractivity contribution in [3.8, 4) is 0 Å². The summed E-state index contributed by atoms with van der Waals surface area (Å²) in [4.78, 5) is 60.1. The van der Waals surface area contributed by atoms with E-state index in [1.54, 1.807) is 0 Å². The summed E-state index contributed by atoms with van der Waals surface area (Å²) < 4.78 is 15.1. The summed E-state index contributed by atoms with van der Waals surface area (Å²) in [6.07, 6.45) is 2.69. The van der Waals surface area contributed by atoms with Crippen LogP contribution in [0.15, 0.2) is 8.80 Å². The van der Waals surface area contributed by atoms with Crippen molar-refractivity contribution in [2.75, 3.05) is 0 Å². The van der Waals surface area contributed by atoms with Gasteiger partial charge in [-0.3, -0.25) is 4.57 Å². The smallest absolute Gasteiger partial charge is 0.756 e. The first-order valence-corrected chi connectivity index (χ1v) is 9.85. The molecule has 0 fully saturated rings. The summed E-state index contributed by atoms with van der Waals surface area (Å²) in [5.74, 6) is -3.65. The predicted molar refractivity (Wildman–Crippen MR) is 73.9 cm³/mol. The number of aliphatic carboxylic acids is 2. The molecule has 12 nitrogen and oxygen atoms in total. The van der Waals surface area contributed by atoms with Gasteiger partial charge in [0.05, 0.1) is 22.0 Å².